The van der Waals surface area contributed by atoms with E-state index in [0.717, 1.165) is 5.69 Å². The Morgan fingerprint density at radius 3 is 2.50 bits per heavy atom. The Morgan fingerprint density at radius 2 is 1.86 bits per heavy atom. The van der Waals surface area contributed by atoms with E-state index in [9.17, 15) is 4.79 Å². The van der Waals surface area contributed by atoms with E-state index in [1.54, 1.807) is 18.2 Å². The van der Waals surface area contributed by atoms with Gasteiger partial charge >= 0.3 is 5.97 Å². The fourth-order valence-corrected chi connectivity index (χ4v) is 1.31. The maximum atomic E-state index is 10.7. The molecule has 0 amide bonds. The highest BCUT2D eigenvalue weighted by Gasteiger charge is 2.03. The normalized spacial score (nSPS) is 10.0. The van der Waals surface area contributed by atoms with Crippen molar-refractivity contribution in [2.45, 2.75) is 0 Å². The summed E-state index contributed by atoms with van der Waals surface area (Å²) in [6, 6.07) is 10.6. The van der Waals surface area contributed by atoms with Gasteiger partial charge in [0.15, 0.2) is 0 Å². The molecule has 0 saturated carbocycles. The van der Waals surface area contributed by atoms with Crippen LogP contribution in [-0.2, 0) is 0 Å². The Bertz CT molecular complexity index is 446. The van der Waals surface area contributed by atoms with Crippen LogP contribution in [-0.4, -0.2) is 15.6 Å². The van der Waals surface area contributed by atoms with Gasteiger partial charge in [0, 0.05) is 18.1 Å². The average Bonchev–Trinajstić information content (AvgIpc) is 2.71. The fraction of sp³-hybridized carbons (Fsp3) is 0. The minimum atomic E-state index is -0.904. The topological polar surface area (TPSA) is 42.2 Å². The molecule has 3 heteroatoms. The van der Waals surface area contributed by atoms with Crippen molar-refractivity contribution in [3.63, 3.8) is 0 Å². The van der Waals surface area contributed by atoms with Crippen LogP contribution in [0.5, 0.6) is 0 Å². The van der Waals surface area contributed by atoms with Crippen molar-refractivity contribution in [3.05, 3.63) is 54.4 Å². The van der Waals surface area contributed by atoms with Crippen molar-refractivity contribution in [2.24, 2.45) is 0 Å². The summed E-state index contributed by atoms with van der Waals surface area (Å²) in [5.41, 5.74) is 1.16. The maximum absolute atomic E-state index is 10.7. The second kappa shape index (κ2) is 3.38. The standard InChI is InChI=1S/C11H9NO2/c13-11(14)9-4-3-5-10(8-9)12-6-1-2-7-12/h1-8H,(H,13,14). The van der Waals surface area contributed by atoms with E-state index in [4.69, 9.17) is 5.11 Å². The number of carbonyl (C=O) groups is 1. The molecule has 0 aliphatic carbocycles. The molecule has 0 saturated heterocycles. The third-order valence-corrected chi connectivity index (χ3v) is 2.00. The Balaban J connectivity index is 2.46. The molecule has 0 aliphatic heterocycles. The van der Waals surface area contributed by atoms with E-state index in [1.807, 2.05) is 35.2 Å². The molecule has 1 N–H and O–H groups in total. The van der Waals surface area contributed by atoms with E-state index in [0.29, 0.717) is 5.56 Å². The first kappa shape index (κ1) is 8.56. The van der Waals surface area contributed by atoms with Gasteiger partial charge in [0.05, 0.1) is 5.56 Å². The smallest absolute Gasteiger partial charge is 0.335 e. The molecule has 0 spiro atoms. The lowest BCUT2D eigenvalue weighted by molar-refractivity contribution is 0.0697. The van der Waals surface area contributed by atoms with Gasteiger partial charge in [0.1, 0.15) is 0 Å². The molecule has 70 valence electrons. The third-order valence-electron chi connectivity index (χ3n) is 2.00. The van der Waals surface area contributed by atoms with Gasteiger partial charge in [-0.25, -0.2) is 4.79 Å². The first-order chi connectivity index (χ1) is 6.77. The number of carboxylic acids is 1. The van der Waals surface area contributed by atoms with E-state index in [2.05, 4.69) is 0 Å². The highest BCUT2D eigenvalue weighted by Crippen LogP contribution is 2.10. The summed E-state index contributed by atoms with van der Waals surface area (Å²) in [4.78, 5) is 10.7. The molecule has 0 bridgehead atoms. The van der Waals surface area contributed by atoms with Gasteiger partial charge in [-0.05, 0) is 30.3 Å². The third kappa shape index (κ3) is 1.52. The van der Waals surface area contributed by atoms with Gasteiger partial charge in [-0.1, -0.05) is 6.07 Å². The van der Waals surface area contributed by atoms with Crippen molar-refractivity contribution in [3.8, 4) is 5.69 Å². The quantitative estimate of drug-likeness (QED) is 0.782. The molecule has 14 heavy (non-hydrogen) atoms. The molecule has 0 unspecified atom stereocenters. The summed E-state index contributed by atoms with van der Waals surface area (Å²) in [6.45, 7) is 0. The van der Waals surface area contributed by atoms with Gasteiger partial charge in [0.2, 0.25) is 0 Å². The zero-order chi connectivity index (χ0) is 9.97. The van der Waals surface area contributed by atoms with Crippen LogP contribution in [0.15, 0.2) is 48.8 Å². The molecule has 2 rings (SSSR count). The highest BCUT2D eigenvalue weighted by molar-refractivity contribution is 5.88. The minimum Gasteiger partial charge on any atom is -0.478 e. The second-order valence-electron chi connectivity index (χ2n) is 2.95. The largest absolute Gasteiger partial charge is 0.478 e. The van der Waals surface area contributed by atoms with Crippen LogP contribution in [0, 0.1) is 0 Å². The van der Waals surface area contributed by atoms with Crippen LogP contribution in [0.25, 0.3) is 5.69 Å². The number of rotatable bonds is 2. The molecule has 0 aliphatic rings. The van der Waals surface area contributed by atoms with Gasteiger partial charge < -0.3 is 9.67 Å². The van der Waals surface area contributed by atoms with Crippen LogP contribution < -0.4 is 0 Å². The average molecular weight is 187 g/mol. The minimum absolute atomic E-state index is 0.302. The van der Waals surface area contributed by atoms with Crippen LogP contribution in [0.4, 0.5) is 0 Å². The van der Waals surface area contributed by atoms with Crippen LogP contribution >= 0.6 is 0 Å². The Kier molecular flexibility index (Phi) is 2.07. The Morgan fingerprint density at radius 1 is 1.14 bits per heavy atom. The van der Waals surface area contributed by atoms with Crippen molar-refractivity contribution in [1.82, 2.24) is 4.57 Å². The molecule has 2 aromatic rings. The van der Waals surface area contributed by atoms with Gasteiger partial charge in [0.25, 0.3) is 0 Å². The van der Waals surface area contributed by atoms with E-state index in [1.165, 1.54) is 0 Å². The zero-order valence-electron chi connectivity index (χ0n) is 7.42. The van der Waals surface area contributed by atoms with Gasteiger partial charge in [-0.15, -0.1) is 0 Å². The molecule has 0 fully saturated rings. The number of benzene rings is 1. The van der Waals surface area contributed by atoms with Crippen molar-refractivity contribution in [2.75, 3.05) is 0 Å². The first-order valence-electron chi connectivity index (χ1n) is 4.24. The van der Waals surface area contributed by atoms with Crippen molar-refractivity contribution in [1.29, 1.82) is 0 Å². The van der Waals surface area contributed by atoms with Crippen LogP contribution in [0.3, 0.4) is 0 Å². The van der Waals surface area contributed by atoms with Gasteiger partial charge in [-0.3, -0.25) is 0 Å². The number of carboxylic acid groups (broad SMARTS) is 1. The summed E-state index contributed by atoms with van der Waals surface area (Å²) < 4.78 is 1.87. The van der Waals surface area contributed by atoms with Crippen LogP contribution in [0.2, 0.25) is 0 Å². The summed E-state index contributed by atoms with van der Waals surface area (Å²) in [6.07, 6.45) is 3.75. The maximum Gasteiger partial charge on any atom is 0.335 e. The van der Waals surface area contributed by atoms with Crippen LogP contribution in [0.1, 0.15) is 10.4 Å². The monoisotopic (exact) mass is 187 g/mol. The molecule has 0 radical (unpaired) electrons. The Labute approximate surface area is 81.2 Å². The molecule has 1 aromatic heterocycles. The zero-order valence-corrected chi connectivity index (χ0v) is 7.42. The molecular weight excluding hydrogens is 178 g/mol. The lowest BCUT2D eigenvalue weighted by Crippen LogP contribution is -1.98. The fourth-order valence-electron chi connectivity index (χ4n) is 1.31. The number of aromatic nitrogens is 1. The van der Waals surface area contributed by atoms with E-state index < -0.39 is 5.97 Å². The lowest BCUT2D eigenvalue weighted by Gasteiger charge is -2.03. The molecule has 3 nitrogen and oxygen atoms in total. The number of hydrogen-bond acceptors (Lipinski definition) is 1. The van der Waals surface area contributed by atoms with E-state index >= 15 is 0 Å². The SMILES string of the molecule is O=C(O)c1cccc(-n2cccc2)c1. The van der Waals surface area contributed by atoms with Crippen molar-refractivity contribution >= 4 is 5.97 Å². The summed E-state index contributed by atoms with van der Waals surface area (Å²) in [5, 5.41) is 8.80. The predicted molar refractivity (Wildman–Crippen MR) is 52.7 cm³/mol. The summed E-state index contributed by atoms with van der Waals surface area (Å²) >= 11 is 0. The second-order valence-corrected chi connectivity index (χ2v) is 2.95. The summed E-state index contributed by atoms with van der Waals surface area (Å²) in [5.74, 6) is -0.904. The van der Waals surface area contributed by atoms with E-state index in [-0.39, 0.29) is 0 Å². The molecular formula is C11H9NO2. The molecule has 0 atom stereocenters. The predicted octanol–water partition coefficient (Wildman–Crippen LogP) is 2.18. The number of hydrogen-bond donors (Lipinski definition) is 1. The lowest BCUT2D eigenvalue weighted by atomic mass is 10.2. The summed E-state index contributed by atoms with van der Waals surface area (Å²) in [7, 11) is 0. The molecule has 1 aromatic carbocycles. The first-order valence-corrected chi connectivity index (χ1v) is 4.24. The number of nitrogens with zero attached hydrogens (tertiary/aromatic N) is 1. The molecule has 1 heterocycles. The Hall–Kier alpha value is -2.03. The van der Waals surface area contributed by atoms with Gasteiger partial charge in [-0.2, -0.15) is 0 Å². The number of aromatic carboxylic acids is 1. The van der Waals surface area contributed by atoms with Crippen molar-refractivity contribution < 1.29 is 9.90 Å². The highest BCUT2D eigenvalue weighted by atomic mass is 16.4.